The molecule has 0 spiro atoms. The Hall–Kier alpha value is -1.58. The summed E-state index contributed by atoms with van der Waals surface area (Å²) in [4.78, 5) is 11.5. The molecular weight excluding hydrogens is 223 g/mol. The summed E-state index contributed by atoms with van der Waals surface area (Å²) in [5.74, 6) is -0.540. The van der Waals surface area contributed by atoms with Crippen LogP contribution in [0.1, 0.15) is 18.9 Å². The van der Waals surface area contributed by atoms with Crippen LogP contribution in [0.3, 0.4) is 0 Å². The van der Waals surface area contributed by atoms with Crippen molar-refractivity contribution >= 4 is 5.97 Å². The molecule has 17 heavy (non-hydrogen) atoms. The molecule has 1 aliphatic carbocycles. The summed E-state index contributed by atoms with van der Waals surface area (Å²) in [5, 5.41) is 0. The van der Waals surface area contributed by atoms with Gasteiger partial charge in [-0.05, 0) is 24.6 Å². The lowest BCUT2D eigenvalue weighted by Crippen LogP contribution is -2.13. The molecule has 1 saturated carbocycles. The number of hydrogen-bond donors (Lipinski definition) is 0. The van der Waals surface area contributed by atoms with E-state index in [9.17, 15) is 9.18 Å². The van der Waals surface area contributed by atoms with E-state index in [1.54, 1.807) is 31.2 Å². The van der Waals surface area contributed by atoms with Crippen molar-refractivity contribution in [2.45, 2.75) is 19.0 Å². The summed E-state index contributed by atoms with van der Waals surface area (Å²) < 4.78 is 24.3. The fourth-order valence-electron chi connectivity index (χ4n) is 1.95. The molecule has 92 valence electrons. The molecule has 1 aliphatic rings. The van der Waals surface area contributed by atoms with Gasteiger partial charge in [0.05, 0.1) is 19.6 Å². The van der Waals surface area contributed by atoms with Crippen LogP contribution < -0.4 is 4.74 Å². The third kappa shape index (κ3) is 2.12. The molecule has 0 radical (unpaired) electrons. The van der Waals surface area contributed by atoms with Crippen LogP contribution in [0.5, 0.6) is 5.75 Å². The Labute approximate surface area is 99.5 Å². The first kappa shape index (κ1) is 11.9. The van der Waals surface area contributed by atoms with Gasteiger partial charge in [-0.3, -0.25) is 4.79 Å². The molecule has 0 bridgehead atoms. The lowest BCUT2D eigenvalue weighted by Gasteiger charge is -2.09. The highest BCUT2D eigenvalue weighted by molar-refractivity contribution is 5.78. The van der Waals surface area contributed by atoms with E-state index in [1.807, 2.05) is 0 Å². The summed E-state index contributed by atoms with van der Waals surface area (Å²) in [5.41, 5.74) is -1.10. The molecule has 2 atom stereocenters. The number of hydrogen-bond acceptors (Lipinski definition) is 3. The average molecular weight is 238 g/mol. The maximum absolute atomic E-state index is 14.4. The lowest BCUT2D eigenvalue weighted by molar-refractivity contribution is -0.145. The van der Waals surface area contributed by atoms with Gasteiger partial charge in [-0.1, -0.05) is 12.1 Å². The minimum absolute atomic E-state index is 0.193. The molecular formula is C13H15FO3. The number of rotatable bonds is 4. The molecule has 0 aromatic heterocycles. The third-order valence-electron chi connectivity index (χ3n) is 3.01. The van der Waals surface area contributed by atoms with Crippen LogP contribution in [0.2, 0.25) is 0 Å². The molecule has 0 saturated heterocycles. The Bertz CT molecular complexity index is 432. The molecule has 1 fully saturated rings. The van der Waals surface area contributed by atoms with Crippen LogP contribution in [-0.2, 0) is 15.2 Å². The van der Waals surface area contributed by atoms with Crippen molar-refractivity contribution in [1.82, 2.24) is 0 Å². The highest BCUT2D eigenvalue weighted by Gasteiger charge is 2.61. The number of halogens is 1. The quantitative estimate of drug-likeness (QED) is 0.756. The zero-order valence-corrected chi connectivity index (χ0v) is 9.90. The molecule has 1 aromatic carbocycles. The van der Waals surface area contributed by atoms with Gasteiger partial charge < -0.3 is 9.47 Å². The number of alkyl halides is 1. The van der Waals surface area contributed by atoms with E-state index in [2.05, 4.69) is 0 Å². The summed E-state index contributed by atoms with van der Waals surface area (Å²) in [6.45, 7) is 2.00. The van der Waals surface area contributed by atoms with Gasteiger partial charge in [0, 0.05) is 6.42 Å². The minimum Gasteiger partial charge on any atom is -0.497 e. The normalized spacial score (nSPS) is 26.4. The monoisotopic (exact) mass is 238 g/mol. The second-order valence-electron chi connectivity index (χ2n) is 4.10. The lowest BCUT2D eigenvalue weighted by atomic mass is 10.1. The number of esters is 1. The summed E-state index contributed by atoms with van der Waals surface area (Å²) in [7, 11) is 1.53. The van der Waals surface area contributed by atoms with E-state index in [-0.39, 0.29) is 13.0 Å². The fourth-order valence-corrected chi connectivity index (χ4v) is 1.95. The maximum atomic E-state index is 14.4. The highest BCUT2D eigenvalue weighted by atomic mass is 19.1. The minimum atomic E-state index is -1.58. The van der Waals surface area contributed by atoms with E-state index >= 15 is 0 Å². The SMILES string of the molecule is CCOC(=O)[C@@H]1C[C@@]1(F)c1cccc(OC)c1. The Morgan fingerprint density at radius 1 is 1.59 bits per heavy atom. The standard InChI is InChI=1S/C13H15FO3/c1-3-17-12(15)11-8-13(11,14)9-5-4-6-10(7-9)16-2/h4-7,11H,3,8H2,1-2H3/t11-,13+/m0/s1. The van der Waals surface area contributed by atoms with E-state index in [1.165, 1.54) is 7.11 Å². The molecule has 0 amide bonds. The zero-order chi connectivity index (χ0) is 12.5. The number of methoxy groups -OCH3 is 1. The van der Waals surface area contributed by atoms with Crippen LogP contribution in [0.4, 0.5) is 4.39 Å². The zero-order valence-electron chi connectivity index (χ0n) is 9.90. The third-order valence-corrected chi connectivity index (χ3v) is 3.01. The van der Waals surface area contributed by atoms with Crippen molar-refractivity contribution in [1.29, 1.82) is 0 Å². The van der Waals surface area contributed by atoms with Crippen LogP contribution in [0.15, 0.2) is 24.3 Å². The average Bonchev–Trinajstić information content (AvgIpc) is 3.04. The molecule has 3 nitrogen and oxygen atoms in total. The largest absolute Gasteiger partial charge is 0.497 e. The molecule has 0 N–H and O–H groups in total. The van der Waals surface area contributed by atoms with E-state index in [0.29, 0.717) is 11.3 Å². The van der Waals surface area contributed by atoms with Crippen LogP contribution in [0, 0.1) is 5.92 Å². The van der Waals surface area contributed by atoms with Gasteiger partial charge in [-0.2, -0.15) is 0 Å². The number of ether oxygens (including phenoxy) is 2. The molecule has 0 unspecified atom stereocenters. The smallest absolute Gasteiger partial charge is 0.312 e. The van der Waals surface area contributed by atoms with Gasteiger partial charge in [0.25, 0.3) is 0 Å². The molecule has 0 heterocycles. The number of carbonyl (C=O) groups is 1. The Kier molecular flexibility index (Phi) is 3.05. The number of benzene rings is 1. The topological polar surface area (TPSA) is 35.5 Å². The predicted octanol–water partition coefficient (Wildman–Crippen LogP) is 2.44. The van der Waals surface area contributed by atoms with Gasteiger partial charge >= 0.3 is 5.97 Å². The van der Waals surface area contributed by atoms with Crippen molar-refractivity contribution in [3.05, 3.63) is 29.8 Å². The summed E-state index contributed by atoms with van der Waals surface area (Å²) in [6, 6.07) is 6.76. The van der Waals surface area contributed by atoms with Crippen molar-refractivity contribution in [3.63, 3.8) is 0 Å². The number of carbonyl (C=O) groups excluding carboxylic acids is 1. The second kappa shape index (κ2) is 4.35. The predicted molar refractivity (Wildman–Crippen MR) is 60.5 cm³/mol. The van der Waals surface area contributed by atoms with Gasteiger partial charge in [0.2, 0.25) is 0 Å². The fraction of sp³-hybridized carbons (Fsp3) is 0.462. The van der Waals surface area contributed by atoms with E-state index < -0.39 is 17.6 Å². The Morgan fingerprint density at radius 2 is 2.35 bits per heavy atom. The molecule has 1 aromatic rings. The van der Waals surface area contributed by atoms with Crippen LogP contribution in [-0.4, -0.2) is 19.7 Å². The molecule has 2 rings (SSSR count). The Balaban J connectivity index is 2.15. The van der Waals surface area contributed by atoms with Gasteiger partial charge in [0.1, 0.15) is 5.75 Å². The molecule has 4 heteroatoms. The van der Waals surface area contributed by atoms with Crippen LogP contribution in [0.25, 0.3) is 0 Å². The molecule has 0 aliphatic heterocycles. The van der Waals surface area contributed by atoms with Crippen molar-refractivity contribution in [2.75, 3.05) is 13.7 Å². The first-order chi connectivity index (χ1) is 8.11. The second-order valence-corrected chi connectivity index (χ2v) is 4.10. The van der Waals surface area contributed by atoms with Gasteiger partial charge in [-0.25, -0.2) is 4.39 Å². The van der Waals surface area contributed by atoms with E-state index in [0.717, 1.165) is 0 Å². The summed E-state index contributed by atoms with van der Waals surface area (Å²) >= 11 is 0. The first-order valence-electron chi connectivity index (χ1n) is 5.62. The van der Waals surface area contributed by atoms with Crippen LogP contribution >= 0.6 is 0 Å². The van der Waals surface area contributed by atoms with Crippen molar-refractivity contribution in [2.24, 2.45) is 5.92 Å². The maximum Gasteiger partial charge on any atom is 0.312 e. The van der Waals surface area contributed by atoms with E-state index in [4.69, 9.17) is 9.47 Å². The highest BCUT2D eigenvalue weighted by Crippen LogP contribution is 2.56. The Morgan fingerprint density at radius 3 is 3.00 bits per heavy atom. The van der Waals surface area contributed by atoms with Gasteiger partial charge in [0.15, 0.2) is 5.67 Å². The summed E-state index contributed by atoms with van der Waals surface area (Å²) in [6.07, 6.45) is 0.193. The van der Waals surface area contributed by atoms with Crippen molar-refractivity contribution in [3.8, 4) is 5.75 Å². The van der Waals surface area contributed by atoms with Gasteiger partial charge in [-0.15, -0.1) is 0 Å². The first-order valence-corrected chi connectivity index (χ1v) is 5.62. The van der Waals surface area contributed by atoms with Crippen molar-refractivity contribution < 1.29 is 18.7 Å².